The molecule has 3 rings (SSSR count). The molecule has 1 aromatic carbocycles. The van der Waals surface area contributed by atoms with Crippen LogP contribution < -0.4 is 15.8 Å². The number of nitrogens with one attached hydrogen (secondary N) is 1. The number of rotatable bonds is 5. The van der Waals surface area contributed by atoms with Gasteiger partial charge in [-0.3, -0.25) is 9.59 Å². The number of halogens is 1. The molecule has 1 aliphatic rings. The molecule has 1 heterocycles. The van der Waals surface area contributed by atoms with Crippen LogP contribution in [0.15, 0.2) is 24.3 Å². The van der Waals surface area contributed by atoms with E-state index in [1.807, 2.05) is 0 Å². The summed E-state index contributed by atoms with van der Waals surface area (Å²) < 4.78 is 5.43. The van der Waals surface area contributed by atoms with Gasteiger partial charge >= 0.3 is 0 Å². The minimum Gasteiger partial charge on any atom is -0.484 e. The van der Waals surface area contributed by atoms with Crippen molar-refractivity contribution in [3.63, 3.8) is 0 Å². The van der Waals surface area contributed by atoms with E-state index < -0.39 is 5.91 Å². The molecule has 25 heavy (non-hydrogen) atoms. The molecule has 0 aliphatic heterocycles. The van der Waals surface area contributed by atoms with Crippen LogP contribution in [0.4, 0.5) is 5.00 Å². The number of nitrogens with two attached hydrogens (primary N) is 1. The van der Waals surface area contributed by atoms with Gasteiger partial charge in [-0.25, -0.2) is 0 Å². The fourth-order valence-electron chi connectivity index (χ4n) is 2.97. The van der Waals surface area contributed by atoms with Gasteiger partial charge in [0.05, 0.1) is 5.56 Å². The Morgan fingerprint density at radius 3 is 2.96 bits per heavy atom. The monoisotopic (exact) mass is 378 g/mol. The maximum Gasteiger partial charge on any atom is 0.262 e. The van der Waals surface area contributed by atoms with Crippen LogP contribution in [0, 0.1) is 5.92 Å². The number of fused-ring (bicyclic) bond motifs is 1. The fraction of sp³-hybridized carbons (Fsp3) is 0.333. The number of benzene rings is 1. The molecule has 3 N–H and O–H groups in total. The van der Waals surface area contributed by atoms with Crippen molar-refractivity contribution in [2.45, 2.75) is 26.2 Å². The van der Waals surface area contributed by atoms with Gasteiger partial charge in [-0.2, -0.15) is 0 Å². The molecule has 0 saturated carbocycles. The highest BCUT2D eigenvalue weighted by Crippen LogP contribution is 2.39. The maximum atomic E-state index is 12.2. The maximum absolute atomic E-state index is 12.2. The van der Waals surface area contributed by atoms with E-state index >= 15 is 0 Å². The summed E-state index contributed by atoms with van der Waals surface area (Å²) in [5.74, 6) is 0.242. The van der Waals surface area contributed by atoms with Crippen molar-refractivity contribution in [3.8, 4) is 5.75 Å². The summed E-state index contributed by atoms with van der Waals surface area (Å²) in [6.45, 7) is 2.02. The second kappa shape index (κ2) is 7.45. The van der Waals surface area contributed by atoms with Crippen molar-refractivity contribution in [1.29, 1.82) is 0 Å². The van der Waals surface area contributed by atoms with Gasteiger partial charge in [0, 0.05) is 9.90 Å². The number of amides is 2. The zero-order chi connectivity index (χ0) is 18.0. The molecule has 0 fully saturated rings. The highest BCUT2D eigenvalue weighted by Gasteiger charge is 2.27. The number of anilines is 1. The molecule has 2 aromatic rings. The van der Waals surface area contributed by atoms with Crippen LogP contribution in [0.2, 0.25) is 5.02 Å². The first-order chi connectivity index (χ1) is 11.9. The van der Waals surface area contributed by atoms with Gasteiger partial charge in [-0.15, -0.1) is 11.3 Å². The molecular formula is C18H19ClN2O3S. The Balaban J connectivity index is 1.71. The van der Waals surface area contributed by atoms with Crippen LogP contribution in [0.25, 0.3) is 0 Å². The van der Waals surface area contributed by atoms with Crippen LogP contribution in [-0.4, -0.2) is 18.4 Å². The van der Waals surface area contributed by atoms with Crippen molar-refractivity contribution < 1.29 is 14.3 Å². The quantitative estimate of drug-likeness (QED) is 0.833. The first-order valence-electron chi connectivity index (χ1n) is 8.06. The molecule has 7 heteroatoms. The minimum absolute atomic E-state index is 0.169. The molecule has 2 amide bonds. The number of hydrogen-bond acceptors (Lipinski definition) is 4. The Bertz CT molecular complexity index is 819. The number of carbonyl (C=O) groups is 2. The molecule has 0 spiro atoms. The third-order valence-corrected chi connectivity index (χ3v) is 5.58. The Labute approximate surface area is 155 Å². The first-order valence-corrected chi connectivity index (χ1v) is 9.26. The lowest BCUT2D eigenvalue weighted by molar-refractivity contribution is -0.118. The Hall–Kier alpha value is -2.05. The van der Waals surface area contributed by atoms with Crippen LogP contribution >= 0.6 is 22.9 Å². The fourth-order valence-corrected chi connectivity index (χ4v) is 4.58. The van der Waals surface area contributed by atoms with E-state index in [1.165, 1.54) is 11.3 Å². The van der Waals surface area contributed by atoms with E-state index in [1.54, 1.807) is 24.3 Å². The normalized spacial score (nSPS) is 16.2. The third kappa shape index (κ3) is 4.14. The van der Waals surface area contributed by atoms with Gasteiger partial charge in [0.1, 0.15) is 10.8 Å². The predicted octanol–water partition coefficient (Wildman–Crippen LogP) is 3.64. The van der Waals surface area contributed by atoms with Gasteiger partial charge in [0.2, 0.25) is 0 Å². The number of hydrogen-bond donors (Lipinski definition) is 2. The molecule has 132 valence electrons. The summed E-state index contributed by atoms with van der Waals surface area (Å²) in [5.41, 5.74) is 6.98. The Morgan fingerprint density at radius 1 is 1.44 bits per heavy atom. The van der Waals surface area contributed by atoms with E-state index in [-0.39, 0.29) is 12.5 Å². The average Bonchev–Trinajstić information content (AvgIpc) is 2.90. The van der Waals surface area contributed by atoms with E-state index in [4.69, 9.17) is 22.1 Å². The molecule has 0 saturated heterocycles. The molecular weight excluding hydrogens is 360 g/mol. The van der Waals surface area contributed by atoms with E-state index in [0.29, 0.717) is 27.3 Å². The number of thiophene rings is 1. The molecule has 0 bridgehead atoms. The summed E-state index contributed by atoms with van der Waals surface area (Å²) in [6.07, 6.45) is 2.75. The lowest BCUT2D eigenvalue weighted by Gasteiger charge is -2.18. The summed E-state index contributed by atoms with van der Waals surface area (Å²) in [4.78, 5) is 25.2. The highest BCUT2D eigenvalue weighted by molar-refractivity contribution is 7.17. The van der Waals surface area contributed by atoms with Crippen LogP contribution in [0.3, 0.4) is 0 Å². The van der Waals surface area contributed by atoms with E-state index in [2.05, 4.69) is 12.2 Å². The van der Waals surface area contributed by atoms with Gasteiger partial charge < -0.3 is 15.8 Å². The Kier molecular flexibility index (Phi) is 5.30. The van der Waals surface area contributed by atoms with Crippen LogP contribution in [-0.2, 0) is 17.6 Å². The molecule has 1 aliphatic carbocycles. The molecule has 1 unspecified atom stereocenters. The van der Waals surface area contributed by atoms with Gasteiger partial charge in [0.25, 0.3) is 11.8 Å². The highest BCUT2D eigenvalue weighted by atomic mass is 35.5. The third-order valence-electron chi connectivity index (χ3n) is 4.18. The average molecular weight is 379 g/mol. The van der Waals surface area contributed by atoms with E-state index in [9.17, 15) is 9.59 Å². The summed E-state index contributed by atoms with van der Waals surface area (Å²) in [7, 11) is 0. The van der Waals surface area contributed by atoms with Crippen molar-refractivity contribution in [2.24, 2.45) is 11.7 Å². The standard InChI is InChI=1S/C18H19ClN2O3S/c1-10-5-6-13-14(7-10)25-18(16(13)17(20)23)21-15(22)9-24-12-4-2-3-11(19)8-12/h2-4,8,10H,5-7,9H2,1H3,(H2,20,23)(H,21,22). The second-order valence-corrected chi connectivity index (χ2v) is 7.76. The molecule has 5 nitrogen and oxygen atoms in total. The van der Waals surface area contributed by atoms with E-state index in [0.717, 1.165) is 29.7 Å². The largest absolute Gasteiger partial charge is 0.484 e. The molecule has 0 radical (unpaired) electrons. The zero-order valence-electron chi connectivity index (χ0n) is 13.8. The van der Waals surface area contributed by atoms with Gasteiger partial charge in [-0.05, 0) is 48.9 Å². The first kappa shape index (κ1) is 17.8. The van der Waals surface area contributed by atoms with Crippen molar-refractivity contribution in [1.82, 2.24) is 0 Å². The predicted molar refractivity (Wildman–Crippen MR) is 99.6 cm³/mol. The molecule has 1 atom stereocenters. The lowest BCUT2D eigenvalue weighted by Crippen LogP contribution is -2.22. The van der Waals surface area contributed by atoms with Crippen molar-refractivity contribution in [2.75, 3.05) is 11.9 Å². The van der Waals surface area contributed by atoms with Crippen molar-refractivity contribution >= 4 is 39.8 Å². The Morgan fingerprint density at radius 2 is 2.24 bits per heavy atom. The number of carbonyl (C=O) groups excluding carboxylic acids is 2. The summed E-state index contributed by atoms with van der Waals surface area (Å²) >= 11 is 7.32. The zero-order valence-corrected chi connectivity index (χ0v) is 15.4. The van der Waals surface area contributed by atoms with Crippen LogP contribution in [0.5, 0.6) is 5.75 Å². The molecule has 1 aromatic heterocycles. The topological polar surface area (TPSA) is 81.4 Å². The number of ether oxygens (including phenoxy) is 1. The SMILES string of the molecule is CC1CCc2c(sc(NC(=O)COc3cccc(Cl)c3)c2C(N)=O)C1. The van der Waals surface area contributed by atoms with Crippen molar-refractivity contribution in [3.05, 3.63) is 45.3 Å². The lowest BCUT2D eigenvalue weighted by atomic mass is 9.88. The number of primary amides is 1. The van der Waals surface area contributed by atoms with Crippen LogP contribution in [0.1, 0.15) is 34.1 Å². The minimum atomic E-state index is -0.502. The summed E-state index contributed by atoms with van der Waals surface area (Å²) in [5, 5.41) is 3.83. The van der Waals surface area contributed by atoms with Gasteiger partial charge in [0.15, 0.2) is 6.61 Å². The van der Waals surface area contributed by atoms with Gasteiger partial charge in [-0.1, -0.05) is 24.6 Å². The summed E-state index contributed by atoms with van der Waals surface area (Å²) in [6, 6.07) is 6.83. The second-order valence-electron chi connectivity index (χ2n) is 6.21. The smallest absolute Gasteiger partial charge is 0.262 e.